The predicted molar refractivity (Wildman–Crippen MR) is 103 cm³/mol. The van der Waals surface area contributed by atoms with Crippen LogP contribution in [0.4, 0.5) is 4.39 Å². The monoisotopic (exact) mass is 403 g/mol. The fourth-order valence-corrected chi connectivity index (χ4v) is 4.24. The van der Waals surface area contributed by atoms with E-state index in [0.29, 0.717) is 38.4 Å². The highest BCUT2D eigenvalue weighted by molar-refractivity contribution is 5.94. The van der Waals surface area contributed by atoms with Gasteiger partial charge in [-0.2, -0.15) is 0 Å². The summed E-state index contributed by atoms with van der Waals surface area (Å²) in [4.78, 5) is 16.7. The minimum Gasteiger partial charge on any atom is -0.494 e. The third-order valence-corrected chi connectivity index (χ3v) is 5.75. The Morgan fingerprint density at radius 1 is 1.31 bits per heavy atom. The SMILES string of the molecule is COc1ccc(C(=O)N2CCn3c(nnc3[C@@H]3C[C@@H](O)CN3C(C)C)C2)cc1F. The molecule has 2 aliphatic heterocycles. The number of nitrogens with zero attached hydrogens (tertiary/aromatic N) is 5. The van der Waals surface area contributed by atoms with E-state index in [2.05, 4.69) is 33.5 Å². The van der Waals surface area contributed by atoms with Gasteiger partial charge in [0, 0.05) is 31.2 Å². The number of aromatic nitrogens is 3. The molecular formula is C20H26FN5O3. The largest absolute Gasteiger partial charge is 0.494 e. The molecule has 1 fully saturated rings. The summed E-state index contributed by atoms with van der Waals surface area (Å²) < 4.78 is 20.9. The molecule has 1 N–H and O–H groups in total. The first-order valence-electron chi connectivity index (χ1n) is 9.87. The molecular weight excluding hydrogens is 377 g/mol. The maximum absolute atomic E-state index is 14.0. The van der Waals surface area contributed by atoms with Gasteiger partial charge in [0.1, 0.15) is 0 Å². The Bertz CT molecular complexity index is 916. The maximum Gasteiger partial charge on any atom is 0.254 e. The number of fused-ring (bicyclic) bond motifs is 1. The minimum absolute atomic E-state index is 0.0178. The van der Waals surface area contributed by atoms with Crippen LogP contribution in [-0.4, -0.2) is 67.9 Å². The minimum atomic E-state index is -0.561. The van der Waals surface area contributed by atoms with Crippen molar-refractivity contribution in [1.29, 1.82) is 0 Å². The molecule has 8 nitrogen and oxygen atoms in total. The summed E-state index contributed by atoms with van der Waals surface area (Å²) in [5.41, 5.74) is 0.279. The highest BCUT2D eigenvalue weighted by Gasteiger charge is 2.38. The van der Waals surface area contributed by atoms with Crippen molar-refractivity contribution >= 4 is 5.91 Å². The maximum atomic E-state index is 14.0. The molecule has 2 aromatic rings. The number of hydrogen-bond acceptors (Lipinski definition) is 6. The van der Waals surface area contributed by atoms with Gasteiger partial charge in [-0.05, 0) is 38.5 Å². The fraction of sp³-hybridized carbons (Fsp3) is 0.550. The summed E-state index contributed by atoms with van der Waals surface area (Å²) in [6.45, 7) is 6.20. The van der Waals surface area contributed by atoms with Gasteiger partial charge in [-0.25, -0.2) is 4.39 Å². The number of aliphatic hydroxyl groups excluding tert-OH is 1. The molecule has 156 valence electrons. The Balaban J connectivity index is 1.53. The number of amides is 1. The summed E-state index contributed by atoms with van der Waals surface area (Å²) in [6.07, 6.45) is 0.256. The van der Waals surface area contributed by atoms with Crippen LogP contribution in [0.3, 0.4) is 0 Å². The number of hydrogen-bond donors (Lipinski definition) is 1. The molecule has 29 heavy (non-hydrogen) atoms. The molecule has 0 aliphatic carbocycles. The van der Waals surface area contributed by atoms with Gasteiger partial charge in [0.2, 0.25) is 0 Å². The predicted octanol–water partition coefficient (Wildman–Crippen LogP) is 1.60. The van der Waals surface area contributed by atoms with E-state index in [9.17, 15) is 14.3 Å². The molecule has 1 aromatic heterocycles. The van der Waals surface area contributed by atoms with Crippen LogP contribution in [0.5, 0.6) is 5.75 Å². The zero-order chi connectivity index (χ0) is 20.7. The lowest BCUT2D eigenvalue weighted by molar-refractivity contribution is 0.0703. The van der Waals surface area contributed by atoms with E-state index < -0.39 is 5.82 Å². The summed E-state index contributed by atoms with van der Waals surface area (Å²) in [5, 5.41) is 18.8. The lowest BCUT2D eigenvalue weighted by Gasteiger charge is -2.31. The van der Waals surface area contributed by atoms with E-state index in [1.54, 1.807) is 11.0 Å². The van der Waals surface area contributed by atoms with E-state index in [0.717, 1.165) is 5.82 Å². The smallest absolute Gasteiger partial charge is 0.254 e. The van der Waals surface area contributed by atoms with Crippen molar-refractivity contribution in [3.05, 3.63) is 41.2 Å². The van der Waals surface area contributed by atoms with Crippen molar-refractivity contribution in [3.8, 4) is 5.75 Å². The van der Waals surface area contributed by atoms with E-state index in [1.807, 2.05) is 0 Å². The van der Waals surface area contributed by atoms with Crippen molar-refractivity contribution in [2.75, 3.05) is 20.2 Å². The van der Waals surface area contributed by atoms with Crippen LogP contribution in [0.1, 0.15) is 48.3 Å². The molecule has 1 amide bonds. The van der Waals surface area contributed by atoms with Crippen LogP contribution in [-0.2, 0) is 13.1 Å². The van der Waals surface area contributed by atoms with Crippen LogP contribution < -0.4 is 4.74 Å². The Morgan fingerprint density at radius 2 is 2.10 bits per heavy atom. The van der Waals surface area contributed by atoms with Gasteiger partial charge >= 0.3 is 0 Å². The zero-order valence-corrected chi connectivity index (χ0v) is 16.9. The number of aliphatic hydroxyl groups is 1. The molecule has 2 atom stereocenters. The Morgan fingerprint density at radius 3 is 2.79 bits per heavy atom. The average molecular weight is 403 g/mol. The highest BCUT2D eigenvalue weighted by atomic mass is 19.1. The van der Waals surface area contributed by atoms with Crippen LogP contribution in [0.2, 0.25) is 0 Å². The number of rotatable bonds is 4. The topological polar surface area (TPSA) is 83.7 Å². The third kappa shape index (κ3) is 3.60. The third-order valence-electron chi connectivity index (χ3n) is 5.75. The van der Waals surface area contributed by atoms with Crippen molar-refractivity contribution in [3.63, 3.8) is 0 Å². The number of methoxy groups -OCH3 is 1. The molecule has 0 saturated carbocycles. The van der Waals surface area contributed by atoms with Gasteiger partial charge in [0.05, 0.1) is 25.8 Å². The average Bonchev–Trinajstić information content (AvgIpc) is 3.29. The number of likely N-dealkylation sites (tertiary alicyclic amines) is 1. The van der Waals surface area contributed by atoms with Crippen LogP contribution in [0, 0.1) is 5.82 Å². The second kappa shape index (κ2) is 7.72. The molecule has 0 spiro atoms. The van der Waals surface area contributed by atoms with E-state index in [-0.39, 0.29) is 35.4 Å². The van der Waals surface area contributed by atoms with Crippen LogP contribution >= 0.6 is 0 Å². The van der Waals surface area contributed by atoms with Crippen molar-refractivity contribution < 1.29 is 19.0 Å². The van der Waals surface area contributed by atoms with Crippen molar-refractivity contribution in [2.24, 2.45) is 0 Å². The summed E-state index contributed by atoms with van der Waals surface area (Å²) in [6, 6.07) is 4.53. The Hall–Kier alpha value is -2.52. The van der Waals surface area contributed by atoms with E-state index >= 15 is 0 Å². The number of ether oxygens (including phenoxy) is 1. The normalized spacial score (nSPS) is 22.2. The first-order chi connectivity index (χ1) is 13.9. The highest BCUT2D eigenvalue weighted by Crippen LogP contribution is 2.34. The number of benzene rings is 1. The van der Waals surface area contributed by atoms with Gasteiger partial charge in [-0.1, -0.05) is 0 Å². The fourth-order valence-electron chi connectivity index (χ4n) is 4.24. The zero-order valence-electron chi connectivity index (χ0n) is 16.9. The molecule has 1 saturated heterocycles. The molecule has 1 aromatic carbocycles. The summed E-state index contributed by atoms with van der Waals surface area (Å²) >= 11 is 0. The van der Waals surface area contributed by atoms with Crippen molar-refractivity contribution in [1.82, 2.24) is 24.6 Å². The Labute approximate surface area is 168 Å². The molecule has 9 heteroatoms. The number of β-amino-alcohol motifs (C(OH)–C–C–N with tert-alkyl or cyclic N) is 1. The molecule has 0 unspecified atom stereocenters. The quantitative estimate of drug-likeness (QED) is 0.835. The van der Waals surface area contributed by atoms with Gasteiger partial charge < -0.3 is 19.3 Å². The van der Waals surface area contributed by atoms with Gasteiger partial charge in [-0.15, -0.1) is 10.2 Å². The van der Waals surface area contributed by atoms with Gasteiger partial charge in [0.15, 0.2) is 23.2 Å². The molecule has 3 heterocycles. The number of carbonyl (C=O) groups excluding carboxylic acids is 1. The molecule has 2 aliphatic rings. The van der Waals surface area contributed by atoms with E-state index in [1.165, 1.54) is 19.2 Å². The number of carbonyl (C=O) groups is 1. The second-order valence-electron chi connectivity index (χ2n) is 7.90. The van der Waals surface area contributed by atoms with E-state index in [4.69, 9.17) is 4.74 Å². The lowest BCUT2D eigenvalue weighted by atomic mass is 10.1. The van der Waals surface area contributed by atoms with Crippen molar-refractivity contribution in [2.45, 2.75) is 51.5 Å². The first kappa shape index (κ1) is 19.8. The molecule has 0 radical (unpaired) electrons. The standard InChI is InChI=1S/C20H26FN5O3/c1-12(2)26-10-14(27)9-16(26)19-23-22-18-11-24(6-7-25(18)19)20(28)13-4-5-17(29-3)15(21)8-13/h4-5,8,12,14,16,27H,6-7,9-11H2,1-3H3/t14-,16+/m1/s1. The summed E-state index contributed by atoms with van der Waals surface area (Å²) in [5.74, 6) is 0.849. The van der Waals surface area contributed by atoms with Crippen LogP contribution in [0.15, 0.2) is 18.2 Å². The second-order valence-corrected chi connectivity index (χ2v) is 7.90. The first-order valence-corrected chi connectivity index (χ1v) is 9.87. The summed E-state index contributed by atoms with van der Waals surface area (Å²) in [7, 11) is 1.39. The van der Waals surface area contributed by atoms with Crippen LogP contribution in [0.25, 0.3) is 0 Å². The lowest BCUT2D eigenvalue weighted by Crippen LogP contribution is -2.39. The molecule has 4 rings (SSSR count). The Kier molecular flexibility index (Phi) is 5.26. The number of halogens is 1. The van der Waals surface area contributed by atoms with Gasteiger partial charge in [0.25, 0.3) is 5.91 Å². The molecule has 0 bridgehead atoms. The van der Waals surface area contributed by atoms with Gasteiger partial charge in [-0.3, -0.25) is 9.69 Å².